The minimum Gasteiger partial charge on any atom is -0.450 e. The number of amides is 5. The van der Waals surface area contributed by atoms with Gasteiger partial charge >= 0.3 is 12.1 Å². The summed E-state index contributed by atoms with van der Waals surface area (Å²) in [7, 11) is 0. The van der Waals surface area contributed by atoms with Crippen LogP contribution in [0.2, 0.25) is 0 Å². The van der Waals surface area contributed by atoms with Gasteiger partial charge in [0.25, 0.3) is 0 Å². The highest BCUT2D eigenvalue weighted by molar-refractivity contribution is 6.02. The number of anilines is 1. The van der Waals surface area contributed by atoms with Crippen molar-refractivity contribution in [3.63, 3.8) is 0 Å². The van der Waals surface area contributed by atoms with Crippen LogP contribution in [-0.2, 0) is 20.9 Å². The Labute approximate surface area is 157 Å². The molecule has 0 saturated carbocycles. The zero-order valence-electron chi connectivity index (χ0n) is 15.6. The molecule has 0 bridgehead atoms. The Bertz CT molecular complexity index is 718. The molecule has 1 aromatic rings. The zero-order valence-corrected chi connectivity index (χ0v) is 15.6. The van der Waals surface area contributed by atoms with Crippen LogP contribution in [0.25, 0.3) is 0 Å². The smallest absolute Gasteiger partial charge is 0.407 e. The summed E-state index contributed by atoms with van der Waals surface area (Å²) in [6, 6.07) is 5.64. The lowest BCUT2D eigenvalue weighted by molar-refractivity contribution is -0.125. The zero-order chi connectivity index (χ0) is 20.0. The number of alkyl carbamates (subject to hydrolysis) is 1. The van der Waals surface area contributed by atoms with E-state index < -0.39 is 18.2 Å². The maximum atomic E-state index is 12.5. The number of ether oxygens (including phenoxy) is 1. The first-order chi connectivity index (χ1) is 12.8. The molecule has 1 unspecified atom stereocenters. The van der Waals surface area contributed by atoms with Crippen molar-refractivity contribution in [2.45, 2.75) is 33.4 Å². The maximum Gasteiger partial charge on any atom is 0.407 e. The monoisotopic (exact) mass is 376 g/mol. The number of nitrogens with zero attached hydrogens (tertiary/aromatic N) is 1. The van der Waals surface area contributed by atoms with Crippen molar-refractivity contribution in [2.75, 3.05) is 18.5 Å². The van der Waals surface area contributed by atoms with Gasteiger partial charge in [0.2, 0.25) is 11.8 Å². The molecule has 1 fully saturated rings. The topological polar surface area (TPSA) is 117 Å². The largest absolute Gasteiger partial charge is 0.450 e. The van der Waals surface area contributed by atoms with Gasteiger partial charge in [0, 0.05) is 5.69 Å². The molecule has 9 nitrogen and oxygen atoms in total. The van der Waals surface area contributed by atoms with Gasteiger partial charge in [-0.15, -0.1) is 0 Å². The van der Waals surface area contributed by atoms with Gasteiger partial charge in [-0.2, -0.15) is 0 Å². The predicted octanol–water partition coefficient (Wildman–Crippen LogP) is 1.45. The van der Waals surface area contributed by atoms with Crippen LogP contribution in [0.15, 0.2) is 24.3 Å². The number of benzene rings is 1. The second-order valence-electron chi connectivity index (χ2n) is 6.41. The van der Waals surface area contributed by atoms with Gasteiger partial charge < -0.3 is 20.7 Å². The van der Waals surface area contributed by atoms with Crippen LogP contribution in [0.5, 0.6) is 0 Å². The van der Waals surface area contributed by atoms with Crippen LogP contribution in [0.1, 0.15) is 26.3 Å². The third-order valence-corrected chi connectivity index (χ3v) is 3.97. The minimum atomic E-state index is -0.765. The first kappa shape index (κ1) is 20.2. The first-order valence-electron chi connectivity index (χ1n) is 8.73. The lowest BCUT2D eigenvalue weighted by Crippen LogP contribution is -2.47. The highest BCUT2D eigenvalue weighted by atomic mass is 16.5. The van der Waals surface area contributed by atoms with Crippen LogP contribution in [0, 0.1) is 5.92 Å². The first-order valence-corrected chi connectivity index (χ1v) is 8.73. The van der Waals surface area contributed by atoms with E-state index in [0.717, 1.165) is 4.90 Å². The Kier molecular flexibility index (Phi) is 6.75. The number of hydrogen-bond donors (Lipinski definition) is 3. The van der Waals surface area contributed by atoms with E-state index in [1.165, 1.54) is 0 Å². The summed E-state index contributed by atoms with van der Waals surface area (Å²) >= 11 is 0. The lowest BCUT2D eigenvalue weighted by Gasteiger charge is -2.21. The van der Waals surface area contributed by atoms with Gasteiger partial charge in [0.05, 0.1) is 19.7 Å². The number of urea groups is 1. The van der Waals surface area contributed by atoms with E-state index in [0.29, 0.717) is 11.3 Å². The molecule has 5 amide bonds. The molecule has 1 atom stereocenters. The molecule has 0 aromatic heterocycles. The van der Waals surface area contributed by atoms with E-state index in [9.17, 15) is 19.2 Å². The van der Waals surface area contributed by atoms with Crippen LogP contribution in [-0.4, -0.2) is 48.0 Å². The van der Waals surface area contributed by atoms with Crippen LogP contribution >= 0.6 is 0 Å². The Hall–Kier alpha value is -3.10. The molecule has 0 aliphatic carbocycles. The van der Waals surface area contributed by atoms with Crippen LogP contribution in [0.3, 0.4) is 0 Å². The average Bonchev–Trinajstić information content (AvgIpc) is 2.92. The molecule has 1 heterocycles. The van der Waals surface area contributed by atoms with E-state index in [-0.39, 0.29) is 37.4 Å². The van der Waals surface area contributed by atoms with Crippen LogP contribution in [0.4, 0.5) is 15.3 Å². The summed E-state index contributed by atoms with van der Waals surface area (Å²) < 4.78 is 4.83. The summed E-state index contributed by atoms with van der Waals surface area (Å²) in [6.07, 6.45) is -0.654. The lowest BCUT2D eigenvalue weighted by atomic mass is 10.0. The molecular formula is C18H24N4O5. The summed E-state index contributed by atoms with van der Waals surface area (Å²) in [5.41, 5.74) is 1.19. The quantitative estimate of drug-likeness (QED) is 0.623. The molecule has 9 heteroatoms. The number of carbonyl (C=O) groups is 4. The van der Waals surface area contributed by atoms with Crippen LogP contribution < -0.4 is 16.0 Å². The fourth-order valence-electron chi connectivity index (χ4n) is 2.60. The third-order valence-electron chi connectivity index (χ3n) is 3.97. The van der Waals surface area contributed by atoms with Crippen molar-refractivity contribution in [3.05, 3.63) is 29.8 Å². The van der Waals surface area contributed by atoms with Crippen molar-refractivity contribution in [2.24, 2.45) is 5.92 Å². The number of rotatable bonds is 7. The third kappa shape index (κ3) is 5.44. The molecule has 27 heavy (non-hydrogen) atoms. The Morgan fingerprint density at radius 1 is 1.30 bits per heavy atom. The summed E-state index contributed by atoms with van der Waals surface area (Å²) in [5.74, 6) is -0.832. The number of imide groups is 1. The fraction of sp³-hybridized carbons (Fsp3) is 0.444. The number of carbonyl (C=O) groups excluding carboxylic acids is 4. The molecule has 1 aliphatic heterocycles. The number of hydrogen-bond acceptors (Lipinski definition) is 5. The van der Waals surface area contributed by atoms with Crippen molar-refractivity contribution >= 4 is 29.6 Å². The van der Waals surface area contributed by atoms with Gasteiger partial charge in [0.15, 0.2) is 0 Å². The second kappa shape index (κ2) is 9.02. The van der Waals surface area contributed by atoms with Crippen molar-refractivity contribution in [1.82, 2.24) is 15.5 Å². The normalized spacial score (nSPS) is 14.7. The van der Waals surface area contributed by atoms with Crippen molar-refractivity contribution in [3.8, 4) is 0 Å². The van der Waals surface area contributed by atoms with E-state index in [2.05, 4.69) is 16.0 Å². The highest BCUT2D eigenvalue weighted by Crippen LogP contribution is 2.15. The average molecular weight is 376 g/mol. The molecular weight excluding hydrogens is 352 g/mol. The molecule has 1 aliphatic rings. The van der Waals surface area contributed by atoms with Crippen molar-refractivity contribution in [1.29, 1.82) is 0 Å². The Morgan fingerprint density at radius 2 is 2.04 bits per heavy atom. The summed E-state index contributed by atoms with van der Waals surface area (Å²) in [6.45, 7) is 5.62. The van der Waals surface area contributed by atoms with E-state index in [1.54, 1.807) is 31.2 Å². The molecule has 146 valence electrons. The molecule has 1 saturated heterocycles. The maximum absolute atomic E-state index is 12.5. The van der Waals surface area contributed by atoms with E-state index >= 15 is 0 Å². The summed E-state index contributed by atoms with van der Waals surface area (Å²) in [4.78, 5) is 48.6. The number of nitrogens with one attached hydrogen (secondary N) is 3. The second-order valence-corrected chi connectivity index (χ2v) is 6.41. The summed E-state index contributed by atoms with van der Waals surface area (Å²) in [5, 5.41) is 7.75. The molecule has 0 radical (unpaired) electrons. The Morgan fingerprint density at radius 3 is 2.63 bits per heavy atom. The molecule has 1 aromatic carbocycles. The van der Waals surface area contributed by atoms with Gasteiger partial charge in [-0.1, -0.05) is 26.0 Å². The van der Waals surface area contributed by atoms with Gasteiger partial charge in [-0.25, -0.2) is 9.59 Å². The fourth-order valence-corrected chi connectivity index (χ4v) is 2.60. The molecule has 3 N–H and O–H groups in total. The van der Waals surface area contributed by atoms with E-state index in [1.807, 2.05) is 13.8 Å². The standard InChI is InChI=1S/C18H24N4O5/c1-4-27-18(26)21-15(11(2)3)16(24)20-13-7-5-6-12(8-13)10-22-14(23)9-19-17(22)25/h5-8,11,15H,4,9-10H2,1-3H3,(H,19,25)(H,20,24)(H,21,26). The minimum absolute atomic E-state index is 0.00907. The van der Waals surface area contributed by atoms with Crippen molar-refractivity contribution < 1.29 is 23.9 Å². The van der Waals surface area contributed by atoms with Gasteiger partial charge in [-0.3, -0.25) is 14.5 Å². The highest BCUT2D eigenvalue weighted by Gasteiger charge is 2.28. The van der Waals surface area contributed by atoms with Gasteiger partial charge in [-0.05, 0) is 30.5 Å². The molecule has 0 spiro atoms. The molecule has 2 rings (SSSR count). The predicted molar refractivity (Wildman–Crippen MR) is 97.8 cm³/mol. The van der Waals surface area contributed by atoms with E-state index in [4.69, 9.17) is 4.74 Å². The SMILES string of the molecule is CCOC(=O)NC(C(=O)Nc1cccc(CN2C(=O)CNC2=O)c1)C(C)C. The van der Waals surface area contributed by atoms with Gasteiger partial charge in [0.1, 0.15) is 6.04 Å². The Balaban J connectivity index is 2.05.